The van der Waals surface area contributed by atoms with Crippen LogP contribution in [-0.2, 0) is 9.84 Å². The average Bonchev–Trinajstić information content (AvgIpc) is 3.09. The SMILES string of the molecule is CCN(c1cc(C)nc(NC2CCCC2)n1)C1CCS(=O)(=O)C1. The number of anilines is 2. The quantitative estimate of drug-likeness (QED) is 0.887. The third-order valence-electron chi connectivity index (χ3n) is 4.81. The molecular weight excluding hydrogens is 312 g/mol. The maximum Gasteiger partial charge on any atom is 0.225 e. The van der Waals surface area contributed by atoms with Crippen LogP contribution >= 0.6 is 0 Å². The second kappa shape index (κ2) is 6.63. The van der Waals surface area contributed by atoms with Crippen LogP contribution in [0, 0.1) is 6.92 Å². The van der Waals surface area contributed by atoms with Crippen molar-refractivity contribution in [2.24, 2.45) is 0 Å². The van der Waals surface area contributed by atoms with E-state index in [1.165, 1.54) is 25.7 Å². The molecule has 1 saturated heterocycles. The highest BCUT2D eigenvalue weighted by atomic mass is 32.2. The molecule has 0 radical (unpaired) electrons. The Labute approximate surface area is 138 Å². The van der Waals surface area contributed by atoms with Crippen molar-refractivity contribution < 1.29 is 8.42 Å². The number of nitrogens with zero attached hydrogens (tertiary/aromatic N) is 3. The first-order valence-electron chi connectivity index (χ1n) is 8.56. The summed E-state index contributed by atoms with van der Waals surface area (Å²) in [5, 5.41) is 3.44. The molecule has 2 aliphatic rings. The molecule has 1 unspecified atom stereocenters. The molecule has 1 N–H and O–H groups in total. The predicted octanol–water partition coefficient (Wildman–Crippen LogP) is 2.15. The average molecular weight is 338 g/mol. The first kappa shape index (κ1) is 16.5. The van der Waals surface area contributed by atoms with Crippen molar-refractivity contribution in [3.63, 3.8) is 0 Å². The smallest absolute Gasteiger partial charge is 0.225 e. The van der Waals surface area contributed by atoms with Crippen LogP contribution < -0.4 is 10.2 Å². The maximum absolute atomic E-state index is 11.8. The summed E-state index contributed by atoms with van der Waals surface area (Å²) in [5.74, 6) is 2.02. The van der Waals surface area contributed by atoms with Gasteiger partial charge in [0.2, 0.25) is 5.95 Å². The summed E-state index contributed by atoms with van der Waals surface area (Å²) in [4.78, 5) is 11.3. The second-order valence-electron chi connectivity index (χ2n) is 6.66. The molecule has 2 fully saturated rings. The molecule has 1 aromatic heterocycles. The maximum atomic E-state index is 11.8. The third-order valence-corrected chi connectivity index (χ3v) is 6.56. The fourth-order valence-electron chi connectivity index (χ4n) is 3.64. The Balaban J connectivity index is 1.80. The Bertz CT molecular complexity index is 656. The van der Waals surface area contributed by atoms with Crippen molar-refractivity contribution in [1.82, 2.24) is 9.97 Å². The van der Waals surface area contributed by atoms with E-state index in [1.54, 1.807) is 0 Å². The summed E-state index contributed by atoms with van der Waals surface area (Å²) in [6.07, 6.45) is 5.55. The molecule has 0 bridgehead atoms. The van der Waals surface area contributed by atoms with Gasteiger partial charge in [-0.15, -0.1) is 0 Å². The Morgan fingerprint density at radius 1 is 1.26 bits per heavy atom. The molecule has 6 nitrogen and oxygen atoms in total. The van der Waals surface area contributed by atoms with Gasteiger partial charge in [0.05, 0.1) is 11.5 Å². The first-order valence-corrected chi connectivity index (χ1v) is 10.4. The minimum Gasteiger partial charge on any atom is -0.353 e. The summed E-state index contributed by atoms with van der Waals surface area (Å²) < 4.78 is 23.6. The van der Waals surface area contributed by atoms with E-state index in [-0.39, 0.29) is 17.5 Å². The van der Waals surface area contributed by atoms with Crippen LogP contribution in [0.4, 0.5) is 11.8 Å². The Morgan fingerprint density at radius 3 is 2.61 bits per heavy atom. The summed E-state index contributed by atoms with van der Waals surface area (Å²) in [6, 6.07) is 2.44. The van der Waals surface area contributed by atoms with Gasteiger partial charge in [0.1, 0.15) is 5.82 Å². The van der Waals surface area contributed by atoms with Crippen molar-refractivity contribution in [2.75, 3.05) is 28.3 Å². The normalized spacial score (nSPS) is 24.0. The van der Waals surface area contributed by atoms with E-state index < -0.39 is 9.84 Å². The first-order chi connectivity index (χ1) is 11.0. The van der Waals surface area contributed by atoms with Crippen LogP contribution in [-0.4, -0.2) is 48.5 Å². The number of sulfone groups is 1. The highest BCUT2D eigenvalue weighted by Gasteiger charge is 2.32. The van der Waals surface area contributed by atoms with Crippen LogP contribution in [0.3, 0.4) is 0 Å². The van der Waals surface area contributed by atoms with E-state index in [2.05, 4.69) is 20.2 Å². The molecule has 0 aromatic carbocycles. The van der Waals surface area contributed by atoms with Crippen LogP contribution in [0.1, 0.15) is 44.7 Å². The van der Waals surface area contributed by atoms with Crippen LogP contribution in [0.15, 0.2) is 6.07 Å². The van der Waals surface area contributed by atoms with Gasteiger partial charge in [0.15, 0.2) is 9.84 Å². The standard InChI is InChI=1S/C16H26N4O2S/c1-3-20(14-8-9-23(21,22)11-14)15-10-12(2)17-16(19-15)18-13-6-4-5-7-13/h10,13-14H,3-9,11H2,1-2H3,(H,17,18,19). The molecule has 1 aromatic rings. The molecule has 1 aliphatic carbocycles. The van der Waals surface area contributed by atoms with E-state index >= 15 is 0 Å². The van der Waals surface area contributed by atoms with Gasteiger partial charge in [0.25, 0.3) is 0 Å². The summed E-state index contributed by atoms with van der Waals surface area (Å²) >= 11 is 0. The van der Waals surface area contributed by atoms with Gasteiger partial charge >= 0.3 is 0 Å². The Kier molecular flexibility index (Phi) is 4.75. The highest BCUT2D eigenvalue weighted by molar-refractivity contribution is 7.91. The Morgan fingerprint density at radius 2 is 2.00 bits per heavy atom. The molecule has 3 rings (SSSR count). The van der Waals surface area contributed by atoms with Crippen LogP contribution in [0.2, 0.25) is 0 Å². The topological polar surface area (TPSA) is 75.2 Å². The Hall–Kier alpha value is -1.37. The minimum absolute atomic E-state index is 0.0265. The zero-order valence-electron chi connectivity index (χ0n) is 14.0. The largest absolute Gasteiger partial charge is 0.353 e. The summed E-state index contributed by atoms with van der Waals surface area (Å²) in [6.45, 7) is 4.76. The molecule has 0 spiro atoms. The lowest BCUT2D eigenvalue weighted by Crippen LogP contribution is -2.37. The summed E-state index contributed by atoms with van der Waals surface area (Å²) in [5.41, 5.74) is 0.912. The van der Waals surface area contributed by atoms with Gasteiger partial charge in [-0.2, -0.15) is 4.98 Å². The van der Waals surface area contributed by atoms with Crippen molar-refractivity contribution in [3.05, 3.63) is 11.8 Å². The number of aromatic nitrogens is 2. The molecular formula is C16H26N4O2S. The van der Waals surface area contributed by atoms with Gasteiger partial charge in [-0.1, -0.05) is 12.8 Å². The number of rotatable bonds is 5. The van der Waals surface area contributed by atoms with E-state index in [1.807, 2.05) is 19.9 Å². The van der Waals surface area contributed by atoms with Crippen LogP contribution in [0.25, 0.3) is 0 Å². The van der Waals surface area contributed by atoms with Gasteiger partial charge in [0, 0.05) is 30.4 Å². The monoisotopic (exact) mass is 338 g/mol. The van der Waals surface area contributed by atoms with E-state index in [0.29, 0.717) is 18.4 Å². The molecule has 1 aliphatic heterocycles. The number of hydrogen-bond donors (Lipinski definition) is 1. The number of aryl methyl sites for hydroxylation is 1. The van der Waals surface area contributed by atoms with Gasteiger partial charge in [-0.05, 0) is 33.1 Å². The third kappa shape index (κ3) is 3.94. The number of hydrogen-bond acceptors (Lipinski definition) is 6. The summed E-state index contributed by atoms with van der Waals surface area (Å²) in [7, 11) is -2.90. The molecule has 2 heterocycles. The van der Waals surface area contributed by atoms with Gasteiger partial charge in [-0.3, -0.25) is 0 Å². The van der Waals surface area contributed by atoms with Crippen molar-refractivity contribution in [2.45, 2.75) is 58.0 Å². The molecule has 7 heteroatoms. The molecule has 128 valence electrons. The zero-order chi connectivity index (χ0) is 16.4. The van der Waals surface area contributed by atoms with E-state index in [9.17, 15) is 8.42 Å². The minimum atomic E-state index is -2.90. The lowest BCUT2D eigenvalue weighted by Gasteiger charge is -2.28. The molecule has 1 atom stereocenters. The fourth-order valence-corrected chi connectivity index (χ4v) is 5.38. The van der Waals surface area contributed by atoms with E-state index in [0.717, 1.165) is 18.1 Å². The van der Waals surface area contributed by atoms with E-state index in [4.69, 9.17) is 0 Å². The second-order valence-corrected chi connectivity index (χ2v) is 8.89. The zero-order valence-corrected chi connectivity index (χ0v) is 14.8. The van der Waals surface area contributed by atoms with Crippen molar-refractivity contribution >= 4 is 21.6 Å². The fraction of sp³-hybridized carbons (Fsp3) is 0.750. The molecule has 23 heavy (non-hydrogen) atoms. The predicted molar refractivity (Wildman–Crippen MR) is 92.7 cm³/mol. The van der Waals surface area contributed by atoms with Crippen molar-refractivity contribution in [3.8, 4) is 0 Å². The van der Waals surface area contributed by atoms with Gasteiger partial charge < -0.3 is 10.2 Å². The van der Waals surface area contributed by atoms with Crippen LogP contribution in [0.5, 0.6) is 0 Å². The lowest BCUT2D eigenvalue weighted by molar-refractivity contribution is 0.599. The van der Waals surface area contributed by atoms with Crippen molar-refractivity contribution in [1.29, 1.82) is 0 Å². The van der Waals surface area contributed by atoms with Gasteiger partial charge in [-0.25, -0.2) is 13.4 Å². The molecule has 0 amide bonds. The molecule has 1 saturated carbocycles. The lowest BCUT2D eigenvalue weighted by atomic mass is 10.2. The highest BCUT2D eigenvalue weighted by Crippen LogP contribution is 2.25. The number of nitrogens with one attached hydrogen (secondary N) is 1.